The van der Waals surface area contributed by atoms with E-state index >= 15 is 0 Å². The standard InChI is InChI=1S/2C24H29NO4S.2C18H27NO3S/c2*1-25(14-16-9-10-17(28-2)11-21(16)29-3)20-12-19-18(20)13-22(23(19)26)30-24(27)15-7-5-4-6-8-15;2*1-19(10-11-5-6-12(21-2)7-16(11)22-3)15-8-14-13(15)9-17(23-4)18(14)20/h2*4-11,18-20,22-23,26H,12-14H2,1-3H3;2*5-7,13-15,17-18,20H,8-10H2,1-4H3/t2*18-,19-,20+,22+,23+;2*13-,14-,15+,17+,18+/m1010/s1. The number of hydrogen-bond donors (Lipinski definition) is 4. The summed E-state index contributed by atoms with van der Waals surface area (Å²) in [5.74, 6) is 10.3. The lowest BCUT2D eigenvalue weighted by molar-refractivity contribution is -0.0142. The van der Waals surface area contributed by atoms with E-state index in [0.29, 0.717) is 81.3 Å². The lowest BCUT2D eigenvalue weighted by atomic mass is 9.70. The smallest absolute Gasteiger partial charge is 0.219 e. The lowest BCUT2D eigenvalue weighted by Crippen LogP contribution is -2.51. The Hall–Kier alpha value is -5.86. The van der Waals surface area contributed by atoms with Gasteiger partial charge in [0.15, 0.2) is 0 Å². The monoisotopic (exact) mass is 1530 g/mol. The van der Waals surface area contributed by atoms with Crippen LogP contribution in [-0.2, 0) is 26.2 Å². The third-order valence-electron chi connectivity index (χ3n) is 24.6. The van der Waals surface area contributed by atoms with Crippen LogP contribution in [0.2, 0.25) is 0 Å². The van der Waals surface area contributed by atoms with E-state index in [-0.39, 0.29) is 44.8 Å². The minimum absolute atomic E-state index is 0.0263. The van der Waals surface area contributed by atoms with Gasteiger partial charge in [-0.1, -0.05) is 108 Å². The summed E-state index contributed by atoms with van der Waals surface area (Å²) < 4.78 is 43.2. The van der Waals surface area contributed by atoms with Crippen LogP contribution in [0.5, 0.6) is 46.0 Å². The number of aliphatic hydroxyl groups excluding tert-OH is 4. The maximum Gasteiger partial charge on any atom is 0.219 e. The molecule has 18 nitrogen and oxygen atoms in total. The van der Waals surface area contributed by atoms with Crippen molar-refractivity contribution in [1.82, 2.24) is 19.6 Å². The largest absolute Gasteiger partial charge is 0.497 e. The van der Waals surface area contributed by atoms with Crippen molar-refractivity contribution in [1.29, 1.82) is 0 Å². The summed E-state index contributed by atoms with van der Waals surface area (Å²) in [6.07, 6.45) is 11.4. The van der Waals surface area contributed by atoms with Gasteiger partial charge in [-0.25, -0.2) is 0 Å². The molecule has 8 fully saturated rings. The zero-order valence-corrected chi connectivity index (χ0v) is 67.3. The molecule has 0 heterocycles. The summed E-state index contributed by atoms with van der Waals surface area (Å²) in [6.45, 7) is 3.28. The van der Waals surface area contributed by atoms with Crippen molar-refractivity contribution in [2.75, 3.05) is 97.6 Å². The van der Waals surface area contributed by atoms with Crippen molar-refractivity contribution in [2.24, 2.45) is 47.3 Å². The van der Waals surface area contributed by atoms with Gasteiger partial charge in [0.1, 0.15) is 46.0 Å². The second kappa shape index (κ2) is 37.2. The maximum atomic E-state index is 12.6. The van der Waals surface area contributed by atoms with Crippen LogP contribution in [0.4, 0.5) is 0 Å². The Morgan fingerprint density at radius 3 is 0.792 bits per heavy atom. The first-order chi connectivity index (χ1) is 51.2. The Morgan fingerprint density at radius 2 is 0.566 bits per heavy atom. The molecule has 0 bridgehead atoms. The molecule has 6 aromatic carbocycles. The quantitative estimate of drug-likeness (QED) is 0.0399. The molecule has 0 aromatic heterocycles. The third-order valence-corrected chi connectivity index (χ3v) is 29.2. The molecule has 22 heteroatoms. The third kappa shape index (κ3) is 18.1. The zero-order chi connectivity index (χ0) is 75.6. The summed E-state index contributed by atoms with van der Waals surface area (Å²) in [7, 11) is 22.0. The summed E-state index contributed by atoms with van der Waals surface area (Å²) >= 11 is 6.23. The van der Waals surface area contributed by atoms with Gasteiger partial charge < -0.3 is 58.3 Å². The molecule has 0 saturated heterocycles. The van der Waals surface area contributed by atoms with E-state index in [1.165, 1.54) is 34.7 Å². The molecule has 6 aromatic rings. The summed E-state index contributed by atoms with van der Waals surface area (Å²) in [5, 5.41) is 43.1. The predicted molar refractivity (Wildman–Crippen MR) is 427 cm³/mol. The Labute approximate surface area is 645 Å². The van der Waals surface area contributed by atoms with Crippen LogP contribution in [0.25, 0.3) is 0 Å². The first kappa shape index (κ1) is 81.1. The highest BCUT2D eigenvalue weighted by molar-refractivity contribution is 8.15. The number of methoxy groups -OCH3 is 8. The molecular weight excluding hydrogens is 1420 g/mol. The van der Waals surface area contributed by atoms with Gasteiger partial charge in [-0.15, -0.1) is 0 Å². The van der Waals surface area contributed by atoms with Gasteiger partial charge in [-0.3, -0.25) is 29.2 Å². The van der Waals surface area contributed by atoms with Crippen molar-refractivity contribution in [2.45, 2.75) is 147 Å². The topological polar surface area (TPSA) is 202 Å². The number of ether oxygens (including phenoxy) is 8. The molecule has 0 spiro atoms. The van der Waals surface area contributed by atoms with Crippen molar-refractivity contribution < 1.29 is 67.9 Å². The Bertz CT molecular complexity index is 3610. The van der Waals surface area contributed by atoms with E-state index in [9.17, 15) is 30.0 Å². The first-order valence-electron chi connectivity index (χ1n) is 37.1. The summed E-state index contributed by atoms with van der Waals surface area (Å²) in [4.78, 5) is 34.7. The van der Waals surface area contributed by atoms with E-state index in [2.05, 4.69) is 72.4 Å². The van der Waals surface area contributed by atoms with Crippen LogP contribution in [0.15, 0.2) is 133 Å². The molecule has 106 heavy (non-hydrogen) atoms. The maximum absolute atomic E-state index is 12.6. The number of aliphatic hydroxyl groups is 4. The molecular formula is C84H112N4O14S4. The summed E-state index contributed by atoms with van der Waals surface area (Å²) in [5.41, 5.74) is 6.00. The van der Waals surface area contributed by atoms with Gasteiger partial charge in [-0.2, -0.15) is 23.5 Å². The van der Waals surface area contributed by atoms with E-state index in [1.54, 1.807) is 56.9 Å². The number of carbonyl (C=O) groups is 2. The molecule has 8 saturated carbocycles. The minimum Gasteiger partial charge on any atom is -0.497 e. The fourth-order valence-corrected chi connectivity index (χ4v) is 22.5. The predicted octanol–water partition coefficient (Wildman–Crippen LogP) is 13.0. The lowest BCUT2D eigenvalue weighted by Gasteiger charge is -2.46. The van der Waals surface area contributed by atoms with Crippen LogP contribution in [0.3, 0.4) is 0 Å². The second-order valence-corrected chi connectivity index (χ2v) is 34.5. The number of nitrogens with zero attached hydrogens (tertiary/aromatic N) is 4. The summed E-state index contributed by atoms with van der Waals surface area (Å²) in [6, 6.07) is 44.5. The average molecular weight is 1530 g/mol. The Morgan fingerprint density at radius 1 is 0.330 bits per heavy atom. The first-order valence-corrected chi connectivity index (χ1v) is 41.5. The number of hydrogen-bond acceptors (Lipinski definition) is 22. The molecule has 0 radical (unpaired) electrons. The highest BCUT2D eigenvalue weighted by atomic mass is 32.2. The van der Waals surface area contributed by atoms with Gasteiger partial charge >= 0.3 is 0 Å². The van der Waals surface area contributed by atoms with Gasteiger partial charge in [-0.05, 0) is 164 Å². The minimum atomic E-state index is -0.409. The van der Waals surface area contributed by atoms with E-state index < -0.39 is 12.2 Å². The number of fused-ring (bicyclic) bond motifs is 4. The molecule has 20 atom stereocenters. The van der Waals surface area contributed by atoms with Crippen molar-refractivity contribution in [3.63, 3.8) is 0 Å². The van der Waals surface area contributed by atoms with Gasteiger partial charge in [0.05, 0.1) is 81.3 Å². The van der Waals surface area contributed by atoms with Crippen molar-refractivity contribution in [3.8, 4) is 46.0 Å². The average Bonchev–Trinajstić information content (AvgIpc) is 1.62. The highest BCUT2D eigenvalue weighted by Gasteiger charge is 2.58. The second-order valence-electron chi connectivity index (χ2n) is 30.0. The van der Waals surface area contributed by atoms with Gasteiger partial charge in [0.25, 0.3) is 0 Å². The Kier molecular flexibility index (Phi) is 28.5. The van der Waals surface area contributed by atoms with Crippen molar-refractivity contribution in [3.05, 3.63) is 167 Å². The number of carbonyl (C=O) groups excluding carboxylic acids is 2. The van der Waals surface area contributed by atoms with Crippen LogP contribution < -0.4 is 37.9 Å². The van der Waals surface area contributed by atoms with Crippen LogP contribution in [-0.4, -0.2) is 217 Å². The zero-order valence-electron chi connectivity index (χ0n) is 64.0. The van der Waals surface area contributed by atoms with Crippen molar-refractivity contribution >= 4 is 57.3 Å². The van der Waals surface area contributed by atoms with Gasteiger partial charge in [0, 0.05) is 129 Å². The molecule has 0 amide bonds. The molecule has 8 aliphatic rings. The number of benzene rings is 6. The van der Waals surface area contributed by atoms with Crippen LogP contribution in [0.1, 0.15) is 94.3 Å². The van der Waals surface area contributed by atoms with Crippen LogP contribution in [0, 0.1) is 47.3 Å². The molecule has 0 unspecified atom stereocenters. The SMILES string of the molecule is COc1ccc(CN(C)[C@@H]2C[C@@H]3[C@@H](O)[C@H](SC(=O)c4ccccc4)C[C@@H]32)c(OC)c1.COc1ccc(CN(C)[C@@H]2C[C@@H]3[C@@H](O)[C@H](SC)C[C@@H]32)c(OC)c1.COc1ccc(CN(C)[C@H]2C[C@H]3[C@H](O)[C@@H](SC(=O)c4ccccc4)C[C@H]32)c(OC)c1.COc1ccc(CN(C)[C@H]2C[C@H]3[C@H](O)[C@@H](SC)C[C@H]32)c(OC)c1. The molecule has 8 aliphatic carbocycles. The Balaban J connectivity index is 0.000000142. The van der Waals surface area contributed by atoms with E-state index in [0.717, 1.165) is 135 Å². The molecule has 4 N–H and O–H groups in total. The normalized spacial score (nSPS) is 29.6. The molecule has 0 aliphatic heterocycles. The molecule has 14 rings (SSSR count). The van der Waals surface area contributed by atoms with Crippen LogP contribution >= 0.6 is 47.0 Å². The molecule has 576 valence electrons. The highest BCUT2D eigenvalue weighted by Crippen LogP contribution is 2.56. The van der Waals surface area contributed by atoms with E-state index in [1.807, 2.05) is 145 Å². The number of rotatable bonds is 26. The fraction of sp³-hybridized carbons (Fsp3) is 0.548. The van der Waals surface area contributed by atoms with Gasteiger partial charge in [0.2, 0.25) is 10.2 Å². The fourth-order valence-electron chi connectivity index (χ4n) is 18.3. The van der Waals surface area contributed by atoms with E-state index in [4.69, 9.17) is 37.9 Å². The number of thioether (sulfide) groups is 4.